The van der Waals surface area contributed by atoms with E-state index in [9.17, 15) is 4.79 Å². The molecular weight excluding hydrogens is 309 g/mol. The zero-order valence-electron chi connectivity index (χ0n) is 8.93. The predicted molar refractivity (Wildman–Crippen MR) is 67.8 cm³/mol. The molecule has 0 unspecified atom stereocenters. The number of ether oxygens (including phenoxy) is 1. The normalized spacial score (nSPS) is 14.9. The number of carbonyl (C=O) groups excluding carboxylic acids is 1. The third kappa shape index (κ3) is 2.37. The summed E-state index contributed by atoms with van der Waals surface area (Å²) in [6.45, 7) is 0.388. The summed E-state index contributed by atoms with van der Waals surface area (Å²) in [5.41, 5.74) is 0. The third-order valence-electron chi connectivity index (χ3n) is 2.16. The van der Waals surface area contributed by atoms with Crippen LogP contribution in [-0.4, -0.2) is 29.7 Å². The number of amides is 1. The first kappa shape index (κ1) is 12.2. The van der Waals surface area contributed by atoms with Gasteiger partial charge in [0, 0.05) is 16.9 Å². The molecule has 7 heteroatoms. The van der Waals surface area contributed by atoms with Gasteiger partial charge < -0.3 is 4.74 Å². The molecule has 0 atom stereocenters. The molecule has 0 aromatic carbocycles. The summed E-state index contributed by atoms with van der Waals surface area (Å²) in [6, 6.07) is 3.43. The van der Waals surface area contributed by atoms with E-state index in [1.165, 1.54) is 12.1 Å². The molecule has 1 aromatic heterocycles. The van der Waals surface area contributed by atoms with Crippen LogP contribution < -0.4 is 5.01 Å². The molecule has 0 N–H and O–H groups in total. The molecule has 2 rings (SSSR count). The molecule has 0 saturated heterocycles. The highest BCUT2D eigenvalue weighted by atomic mass is 79.9. The second-order valence-corrected chi connectivity index (χ2v) is 4.68. The molecule has 2 heterocycles. The Balaban J connectivity index is 2.36. The molecule has 17 heavy (non-hydrogen) atoms. The zero-order chi connectivity index (χ0) is 12.4. The van der Waals surface area contributed by atoms with Gasteiger partial charge in [-0.1, -0.05) is 27.5 Å². The second-order valence-electron chi connectivity index (χ2n) is 3.26. The van der Waals surface area contributed by atoms with Crippen molar-refractivity contribution in [3.05, 3.63) is 34.0 Å². The van der Waals surface area contributed by atoms with Gasteiger partial charge in [0.05, 0.1) is 18.7 Å². The van der Waals surface area contributed by atoms with Crippen molar-refractivity contribution in [2.45, 2.75) is 0 Å². The minimum atomic E-state index is -0.475. The average Bonchev–Trinajstić information content (AvgIpc) is 2.71. The maximum absolute atomic E-state index is 11.6. The van der Waals surface area contributed by atoms with E-state index in [0.29, 0.717) is 17.4 Å². The highest BCUT2D eigenvalue weighted by Crippen LogP contribution is 2.30. The summed E-state index contributed by atoms with van der Waals surface area (Å²) in [7, 11) is 1.33. The Kier molecular flexibility index (Phi) is 3.54. The van der Waals surface area contributed by atoms with Gasteiger partial charge in [0.15, 0.2) is 5.82 Å². The number of methoxy groups -OCH3 is 1. The topological polar surface area (TPSA) is 45.7 Å². The van der Waals surface area contributed by atoms with Gasteiger partial charge in [0.1, 0.15) is 0 Å². The number of nitrogens with zero attached hydrogens (tertiary/aromatic N) is 3. The Morgan fingerprint density at radius 2 is 2.41 bits per heavy atom. The van der Waals surface area contributed by atoms with E-state index < -0.39 is 6.09 Å². The van der Waals surface area contributed by atoms with E-state index in [-0.39, 0.29) is 0 Å². The van der Waals surface area contributed by atoms with Gasteiger partial charge in [-0.3, -0.25) is 0 Å². The lowest BCUT2D eigenvalue weighted by molar-refractivity contribution is 0.130. The highest BCUT2D eigenvalue weighted by Gasteiger charge is 2.29. The summed E-state index contributed by atoms with van der Waals surface area (Å²) >= 11 is 9.38. The summed E-state index contributed by atoms with van der Waals surface area (Å²) < 4.78 is 5.53. The molecule has 1 amide bonds. The molecular formula is C10H9BrClN3O2. The van der Waals surface area contributed by atoms with E-state index in [2.05, 4.69) is 20.9 Å². The first-order valence-corrected chi connectivity index (χ1v) is 5.92. The third-order valence-corrected chi connectivity index (χ3v) is 2.92. The molecule has 1 aliphatic rings. The Hall–Kier alpha value is -1.27. The van der Waals surface area contributed by atoms with Crippen molar-refractivity contribution in [1.82, 2.24) is 9.99 Å². The van der Waals surface area contributed by atoms with Crippen LogP contribution in [-0.2, 0) is 4.74 Å². The summed E-state index contributed by atoms with van der Waals surface area (Å²) in [5, 5.41) is 3.40. The van der Waals surface area contributed by atoms with Crippen molar-refractivity contribution in [2.24, 2.45) is 0 Å². The lowest BCUT2D eigenvalue weighted by atomic mass is 10.4. The summed E-state index contributed by atoms with van der Waals surface area (Å²) in [6.07, 6.45) is 2.86. The van der Waals surface area contributed by atoms with Crippen molar-refractivity contribution in [3.63, 3.8) is 0 Å². The number of carbonyl (C=O) groups is 1. The van der Waals surface area contributed by atoms with Gasteiger partial charge >= 0.3 is 6.09 Å². The average molecular weight is 319 g/mol. The fourth-order valence-corrected chi connectivity index (χ4v) is 2.08. The monoisotopic (exact) mass is 317 g/mol. The fourth-order valence-electron chi connectivity index (χ4n) is 1.44. The first-order valence-electron chi connectivity index (χ1n) is 4.75. The lowest BCUT2D eigenvalue weighted by Crippen LogP contribution is -2.41. The van der Waals surface area contributed by atoms with Crippen LogP contribution in [0.4, 0.5) is 10.6 Å². The number of rotatable bonds is 1. The van der Waals surface area contributed by atoms with Crippen molar-refractivity contribution in [3.8, 4) is 0 Å². The van der Waals surface area contributed by atoms with Crippen molar-refractivity contribution in [1.29, 1.82) is 0 Å². The molecule has 0 bridgehead atoms. The Morgan fingerprint density at radius 3 is 3.06 bits per heavy atom. The van der Waals surface area contributed by atoms with Crippen molar-refractivity contribution in [2.75, 3.05) is 18.7 Å². The maximum atomic E-state index is 11.6. The number of hydrazine groups is 1. The van der Waals surface area contributed by atoms with Crippen LogP contribution in [0.15, 0.2) is 29.0 Å². The van der Waals surface area contributed by atoms with Crippen molar-refractivity contribution < 1.29 is 9.53 Å². The summed E-state index contributed by atoms with van der Waals surface area (Å²) in [4.78, 5) is 15.7. The van der Waals surface area contributed by atoms with E-state index in [0.717, 1.165) is 4.48 Å². The van der Waals surface area contributed by atoms with E-state index >= 15 is 0 Å². The van der Waals surface area contributed by atoms with Crippen LogP contribution >= 0.6 is 27.5 Å². The van der Waals surface area contributed by atoms with Crippen molar-refractivity contribution >= 4 is 39.4 Å². The number of aromatic nitrogens is 1. The fraction of sp³-hybridized carbons (Fsp3) is 0.200. The van der Waals surface area contributed by atoms with Crippen LogP contribution in [0.5, 0.6) is 0 Å². The molecule has 1 aliphatic heterocycles. The zero-order valence-corrected chi connectivity index (χ0v) is 11.3. The lowest BCUT2D eigenvalue weighted by Gasteiger charge is -2.26. The van der Waals surface area contributed by atoms with Gasteiger partial charge in [-0.15, -0.1) is 0 Å². The molecule has 0 fully saturated rings. The standard InChI is InChI=1S/C10H9BrClN3O2/c1-17-10(16)15-6-7(11)5-14(15)9-8(12)3-2-4-13-9/h2-5H,6H2,1H3. The molecule has 90 valence electrons. The molecule has 0 radical (unpaired) electrons. The minimum absolute atomic E-state index is 0.388. The highest BCUT2D eigenvalue weighted by molar-refractivity contribution is 9.11. The number of hydrogen-bond acceptors (Lipinski definition) is 4. The Bertz CT molecular complexity index is 480. The maximum Gasteiger partial charge on any atom is 0.429 e. The SMILES string of the molecule is COC(=O)N1CC(Br)=CN1c1ncccc1Cl. The number of anilines is 1. The van der Waals surface area contributed by atoms with Crippen LogP contribution in [0.2, 0.25) is 5.02 Å². The van der Waals surface area contributed by atoms with Crippen LogP contribution in [0.1, 0.15) is 0 Å². The van der Waals surface area contributed by atoms with Gasteiger partial charge in [0.2, 0.25) is 0 Å². The Labute approximate surface area is 112 Å². The molecule has 5 nitrogen and oxygen atoms in total. The predicted octanol–water partition coefficient (Wildman–Crippen LogP) is 2.77. The summed E-state index contributed by atoms with van der Waals surface area (Å²) in [5.74, 6) is 0.481. The van der Waals surface area contributed by atoms with Gasteiger partial charge in [-0.25, -0.2) is 19.8 Å². The van der Waals surface area contributed by atoms with Crippen LogP contribution in [0.25, 0.3) is 0 Å². The second kappa shape index (κ2) is 4.93. The van der Waals surface area contributed by atoms with Gasteiger partial charge in [-0.05, 0) is 12.1 Å². The molecule has 0 aliphatic carbocycles. The quantitative estimate of drug-likeness (QED) is 0.799. The molecule has 1 aromatic rings. The first-order chi connectivity index (χ1) is 8.13. The number of hydrogen-bond donors (Lipinski definition) is 0. The van der Waals surface area contributed by atoms with Crippen LogP contribution in [0.3, 0.4) is 0 Å². The minimum Gasteiger partial charge on any atom is -0.452 e. The van der Waals surface area contributed by atoms with Crippen LogP contribution in [0, 0.1) is 0 Å². The van der Waals surface area contributed by atoms with E-state index in [1.807, 2.05) is 0 Å². The largest absolute Gasteiger partial charge is 0.452 e. The number of halogens is 2. The van der Waals surface area contributed by atoms with E-state index in [1.54, 1.807) is 29.5 Å². The number of pyridine rings is 1. The Morgan fingerprint density at radius 1 is 1.65 bits per heavy atom. The smallest absolute Gasteiger partial charge is 0.429 e. The molecule has 0 spiro atoms. The molecule has 0 saturated carbocycles. The van der Waals surface area contributed by atoms with Gasteiger partial charge in [-0.2, -0.15) is 0 Å². The van der Waals surface area contributed by atoms with E-state index in [4.69, 9.17) is 16.3 Å². The van der Waals surface area contributed by atoms with Gasteiger partial charge in [0.25, 0.3) is 0 Å².